The molecule has 2 N–H and O–H groups in total. The van der Waals surface area contributed by atoms with Gasteiger partial charge in [0.1, 0.15) is 0 Å². The van der Waals surface area contributed by atoms with E-state index < -0.39 is 0 Å². The van der Waals surface area contributed by atoms with Crippen LogP contribution in [0.5, 0.6) is 0 Å². The third kappa shape index (κ3) is 2.80. The fourth-order valence-corrected chi connectivity index (χ4v) is 2.97. The third-order valence-electron chi connectivity index (χ3n) is 4.08. The van der Waals surface area contributed by atoms with Crippen LogP contribution in [-0.4, -0.2) is 47.7 Å². The highest BCUT2D eigenvalue weighted by Gasteiger charge is 2.39. The van der Waals surface area contributed by atoms with Gasteiger partial charge in [0.25, 0.3) is 0 Å². The smallest absolute Gasteiger partial charge is 0.240 e. The third-order valence-corrected chi connectivity index (χ3v) is 4.08. The van der Waals surface area contributed by atoms with Gasteiger partial charge in [-0.25, -0.2) is 0 Å². The van der Waals surface area contributed by atoms with Crippen molar-refractivity contribution >= 4 is 5.91 Å². The number of hydrogen-bond donors (Lipinski definition) is 2. The molecule has 17 heavy (non-hydrogen) atoms. The monoisotopic (exact) mass is 240 g/mol. The van der Waals surface area contributed by atoms with E-state index in [1.165, 1.54) is 0 Å². The van der Waals surface area contributed by atoms with Gasteiger partial charge in [0.2, 0.25) is 5.91 Å². The molecular weight excluding hydrogens is 216 g/mol. The second-order valence-electron chi connectivity index (χ2n) is 6.06. The first-order valence-electron chi connectivity index (χ1n) is 6.71. The molecule has 0 bridgehead atoms. The average Bonchev–Trinajstić information content (AvgIpc) is 2.27. The number of aliphatic hydroxyl groups is 1. The molecule has 1 unspecified atom stereocenters. The molecule has 2 heterocycles. The van der Waals surface area contributed by atoms with Crippen LogP contribution in [0.4, 0.5) is 0 Å². The number of likely N-dealkylation sites (tertiary alicyclic amines) is 1. The van der Waals surface area contributed by atoms with E-state index in [2.05, 4.69) is 19.2 Å². The van der Waals surface area contributed by atoms with Crippen LogP contribution >= 0.6 is 0 Å². The fraction of sp³-hybridized carbons (Fsp3) is 0.923. The number of amides is 1. The number of carbonyl (C=O) groups excluding carboxylic acids is 1. The van der Waals surface area contributed by atoms with Gasteiger partial charge in [-0.15, -0.1) is 0 Å². The van der Waals surface area contributed by atoms with Crippen LogP contribution in [0.2, 0.25) is 0 Å². The van der Waals surface area contributed by atoms with Gasteiger partial charge in [-0.3, -0.25) is 4.79 Å². The lowest BCUT2D eigenvalue weighted by Gasteiger charge is -2.42. The summed E-state index contributed by atoms with van der Waals surface area (Å²) in [4.78, 5) is 14.3. The molecule has 4 heteroatoms. The highest BCUT2D eigenvalue weighted by atomic mass is 16.3. The summed E-state index contributed by atoms with van der Waals surface area (Å²) in [5, 5.41) is 13.0. The lowest BCUT2D eigenvalue weighted by atomic mass is 9.77. The first-order valence-corrected chi connectivity index (χ1v) is 6.71. The number of rotatable bonds is 1. The molecule has 2 aliphatic heterocycles. The van der Waals surface area contributed by atoms with Crippen molar-refractivity contribution in [1.82, 2.24) is 10.2 Å². The molecule has 0 spiro atoms. The summed E-state index contributed by atoms with van der Waals surface area (Å²) in [6.45, 7) is 6.54. The van der Waals surface area contributed by atoms with Crippen LogP contribution in [-0.2, 0) is 4.79 Å². The van der Waals surface area contributed by atoms with Gasteiger partial charge in [-0.1, -0.05) is 13.8 Å². The van der Waals surface area contributed by atoms with Crippen molar-refractivity contribution in [2.45, 2.75) is 51.7 Å². The second kappa shape index (κ2) is 4.94. The zero-order valence-corrected chi connectivity index (χ0v) is 10.9. The summed E-state index contributed by atoms with van der Waals surface area (Å²) in [6.07, 6.45) is 3.64. The Morgan fingerprint density at radius 2 is 2.18 bits per heavy atom. The van der Waals surface area contributed by atoms with Gasteiger partial charge < -0.3 is 15.3 Å². The minimum absolute atomic E-state index is 0.0255. The molecule has 2 aliphatic rings. The predicted molar refractivity (Wildman–Crippen MR) is 66.6 cm³/mol. The molecule has 2 saturated heterocycles. The van der Waals surface area contributed by atoms with Gasteiger partial charge in [-0.05, 0) is 37.6 Å². The zero-order valence-electron chi connectivity index (χ0n) is 10.9. The molecule has 2 fully saturated rings. The molecule has 2 rings (SSSR count). The number of aliphatic hydroxyl groups excluding tert-OH is 1. The van der Waals surface area contributed by atoms with Crippen molar-refractivity contribution in [1.29, 1.82) is 0 Å². The van der Waals surface area contributed by atoms with E-state index in [0.29, 0.717) is 6.54 Å². The number of nitrogens with zero attached hydrogens (tertiary/aromatic N) is 1. The Hall–Kier alpha value is -0.610. The van der Waals surface area contributed by atoms with E-state index in [9.17, 15) is 9.90 Å². The molecule has 98 valence electrons. The Morgan fingerprint density at radius 1 is 1.41 bits per heavy atom. The van der Waals surface area contributed by atoms with E-state index in [1.807, 2.05) is 4.90 Å². The fourth-order valence-electron chi connectivity index (χ4n) is 2.97. The number of carbonyl (C=O) groups is 1. The second-order valence-corrected chi connectivity index (χ2v) is 6.06. The summed E-state index contributed by atoms with van der Waals surface area (Å²) in [6, 6.07) is -0.0819. The molecule has 4 nitrogen and oxygen atoms in total. The van der Waals surface area contributed by atoms with Gasteiger partial charge in [0.05, 0.1) is 12.1 Å². The average molecular weight is 240 g/mol. The van der Waals surface area contributed by atoms with Crippen LogP contribution in [0.3, 0.4) is 0 Å². The summed E-state index contributed by atoms with van der Waals surface area (Å²) in [5.41, 5.74) is 0.0255. The minimum Gasteiger partial charge on any atom is -0.391 e. The van der Waals surface area contributed by atoms with Crippen LogP contribution < -0.4 is 5.32 Å². The predicted octanol–water partition coefficient (Wildman–Crippen LogP) is 0.748. The van der Waals surface area contributed by atoms with E-state index in [-0.39, 0.29) is 23.5 Å². The first-order chi connectivity index (χ1) is 8.00. The van der Waals surface area contributed by atoms with Gasteiger partial charge in [0, 0.05) is 13.1 Å². The molecule has 0 aromatic heterocycles. The Bertz CT molecular complexity index is 291. The number of piperidine rings is 2. The van der Waals surface area contributed by atoms with E-state index in [1.54, 1.807) is 0 Å². The normalized spacial score (nSPS) is 33.5. The topological polar surface area (TPSA) is 52.6 Å². The number of β-amino-alcohol motifs (C(OH)–C–C–N with tert-alkyl or cyclic N) is 1. The molecule has 0 aromatic rings. The van der Waals surface area contributed by atoms with Crippen molar-refractivity contribution < 1.29 is 9.90 Å². The van der Waals surface area contributed by atoms with E-state index >= 15 is 0 Å². The molecule has 0 aliphatic carbocycles. The lowest BCUT2D eigenvalue weighted by Crippen LogP contribution is -2.58. The molecule has 0 aromatic carbocycles. The first kappa shape index (κ1) is 12.8. The van der Waals surface area contributed by atoms with E-state index in [0.717, 1.165) is 38.8 Å². The summed E-state index contributed by atoms with van der Waals surface area (Å²) in [5.74, 6) is 0.174. The van der Waals surface area contributed by atoms with Gasteiger partial charge in [0.15, 0.2) is 0 Å². The molecular formula is C13H24N2O2. The van der Waals surface area contributed by atoms with Gasteiger partial charge in [-0.2, -0.15) is 0 Å². The zero-order chi connectivity index (χ0) is 12.5. The van der Waals surface area contributed by atoms with Crippen LogP contribution in [0.25, 0.3) is 0 Å². The van der Waals surface area contributed by atoms with E-state index in [4.69, 9.17) is 0 Å². The largest absolute Gasteiger partial charge is 0.391 e. The highest BCUT2D eigenvalue weighted by Crippen LogP contribution is 2.31. The molecule has 2 atom stereocenters. The lowest BCUT2D eigenvalue weighted by molar-refractivity contribution is -0.140. The van der Waals surface area contributed by atoms with Gasteiger partial charge >= 0.3 is 0 Å². The summed E-state index contributed by atoms with van der Waals surface area (Å²) >= 11 is 0. The van der Waals surface area contributed by atoms with Crippen LogP contribution in [0, 0.1) is 5.41 Å². The Kier molecular flexibility index (Phi) is 3.73. The number of hydrogen-bond acceptors (Lipinski definition) is 3. The maximum absolute atomic E-state index is 12.5. The maximum atomic E-state index is 12.5. The number of nitrogens with one attached hydrogen (secondary N) is 1. The molecule has 1 amide bonds. The standard InChI is InChI=1S/C13H24N2O2/c1-13(2)6-4-7-14-11(13)12(17)15-8-3-5-10(16)9-15/h10-11,14,16H,3-9H2,1-2H3/t10-,11?/m0/s1. The SMILES string of the molecule is CC1(C)CCCNC1C(=O)N1CCC[C@H](O)C1. The molecule has 0 radical (unpaired) electrons. The van der Waals surface area contributed by atoms with Crippen molar-refractivity contribution in [3.05, 3.63) is 0 Å². The quantitative estimate of drug-likeness (QED) is 0.711. The van der Waals surface area contributed by atoms with Crippen LogP contribution in [0.15, 0.2) is 0 Å². The summed E-state index contributed by atoms with van der Waals surface area (Å²) in [7, 11) is 0. The highest BCUT2D eigenvalue weighted by molar-refractivity contribution is 5.83. The molecule has 0 saturated carbocycles. The van der Waals surface area contributed by atoms with Crippen molar-refractivity contribution in [2.24, 2.45) is 5.41 Å². The van der Waals surface area contributed by atoms with Crippen LogP contribution in [0.1, 0.15) is 39.5 Å². The van der Waals surface area contributed by atoms with Crippen molar-refractivity contribution in [3.8, 4) is 0 Å². The van der Waals surface area contributed by atoms with Crippen molar-refractivity contribution in [2.75, 3.05) is 19.6 Å². The Morgan fingerprint density at radius 3 is 2.82 bits per heavy atom. The Labute approximate surface area is 103 Å². The Balaban J connectivity index is 2.02. The summed E-state index contributed by atoms with van der Waals surface area (Å²) < 4.78 is 0. The minimum atomic E-state index is -0.334. The maximum Gasteiger partial charge on any atom is 0.240 e. The van der Waals surface area contributed by atoms with Crippen molar-refractivity contribution in [3.63, 3.8) is 0 Å².